The van der Waals surface area contributed by atoms with Crippen molar-refractivity contribution in [2.45, 2.75) is 48.6 Å². The van der Waals surface area contributed by atoms with Gasteiger partial charge in [-0.25, -0.2) is 0 Å². The number of nitrogens with two attached hydrogens (primary N) is 2. The Morgan fingerprint density at radius 1 is 0.516 bits per heavy atom. The zero-order chi connectivity index (χ0) is 45.7. The Labute approximate surface area is 371 Å². The normalized spacial score (nSPS) is 11.2. The maximum atomic E-state index is 13.1. The number of benzene rings is 3. The van der Waals surface area contributed by atoms with Gasteiger partial charge in [-0.2, -0.15) is 16.8 Å². The summed E-state index contributed by atoms with van der Waals surface area (Å²) in [6.45, 7) is 2.52. The monoisotopic (exact) mass is 936 g/mol. The number of thiocarbonyl (C=S) groups is 2. The van der Waals surface area contributed by atoms with Crippen molar-refractivity contribution < 1.29 is 45.1 Å². The van der Waals surface area contributed by atoms with Crippen molar-refractivity contribution in [2.75, 3.05) is 63.0 Å². The van der Waals surface area contributed by atoms with Gasteiger partial charge in [0.1, 0.15) is 0 Å². The van der Waals surface area contributed by atoms with Gasteiger partial charge >= 0.3 is 0 Å². The Morgan fingerprint density at radius 2 is 0.839 bits per heavy atom. The van der Waals surface area contributed by atoms with E-state index in [0.717, 1.165) is 11.1 Å². The van der Waals surface area contributed by atoms with Gasteiger partial charge in [0.15, 0.2) is 10.2 Å². The number of rotatable bonds is 24. The van der Waals surface area contributed by atoms with Crippen LogP contribution in [0.2, 0.25) is 0 Å². The molecule has 62 heavy (non-hydrogen) atoms. The molecular weight excluding hydrogens is 885 g/mol. The largest absolute Gasteiger partial charge is 0.361 e. The topological polar surface area (TPSA) is 308 Å². The second kappa shape index (κ2) is 25.6. The van der Waals surface area contributed by atoms with Gasteiger partial charge in [0.2, 0.25) is 23.6 Å². The van der Waals surface area contributed by atoms with Crippen LogP contribution in [0.1, 0.15) is 36.8 Å². The van der Waals surface area contributed by atoms with E-state index in [4.69, 9.17) is 45.0 Å². The number of hydrogen-bond donors (Lipinski definition) is 10. The highest BCUT2D eigenvalue weighted by atomic mass is 32.2. The van der Waals surface area contributed by atoms with E-state index >= 15 is 0 Å². The summed E-state index contributed by atoms with van der Waals surface area (Å²) in [5.41, 5.74) is 14.2. The summed E-state index contributed by atoms with van der Waals surface area (Å²) >= 11 is 10.4. The molecule has 3 aromatic carbocycles. The van der Waals surface area contributed by atoms with Crippen LogP contribution in [0.3, 0.4) is 0 Å². The van der Waals surface area contributed by atoms with Crippen molar-refractivity contribution in [2.24, 2.45) is 11.5 Å². The molecule has 0 fully saturated rings. The molecule has 20 nitrogen and oxygen atoms in total. The highest BCUT2D eigenvalue weighted by molar-refractivity contribution is 7.86. The molecular formula is C38H52N10O10S4. The molecule has 0 saturated carbocycles. The van der Waals surface area contributed by atoms with Gasteiger partial charge in [0, 0.05) is 103 Å². The van der Waals surface area contributed by atoms with E-state index in [1.807, 2.05) is 24.3 Å². The van der Waals surface area contributed by atoms with E-state index in [9.17, 15) is 36.0 Å². The fraction of sp³-hybridized carbons (Fsp3) is 0.368. The van der Waals surface area contributed by atoms with Gasteiger partial charge < -0.3 is 53.2 Å². The molecule has 0 spiro atoms. The lowest BCUT2D eigenvalue weighted by atomic mass is 10.1. The molecule has 0 aliphatic rings. The first-order chi connectivity index (χ1) is 29.4. The predicted octanol–water partition coefficient (Wildman–Crippen LogP) is 0.521. The van der Waals surface area contributed by atoms with Crippen molar-refractivity contribution in [1.29, 1.82) is 0 Å². The molecule has 0 radical (unpaired) electrons. The highest BCUT2D eigenvalue weighted by Gasteiger charge is 2.18. The minimum atomic E-state index is -4.31. The molecule has 338 valence electrons. The average Bonchev–Trinajstić information content (AvgIpc) is 3.22. The molecule has 3 aromatic rings. The van der Waals surface area contributed by atoms with Crippen LogP contribution in [0.25, 0.3) is 0 Å². The predicted molar refractivity (Wildman–Crippen MR) is 241 cm³/mol. The number of hydrogen-bond acceptors (Lipinski definition) is 12. The fourth-order valence-corrected chi connectivity index (χ4v) is 6.95. The number of anilines is 2. The molecule has 0 aliphatic heterocycles. The zero-order valence-electron chi connectivity index (χ0n) is 33.7. The second-order valence-corrected chi connectivity index (χ2v) is 17.1. The van der Waals surface area contributed by atoms with E-state index in [2.05, 4.69) is 31.9 Å². The molecule has 0 bridgehead atoms. The molecule has 0 unspecified atom stereocenters. The van der Waals surface area contributed by atoms with E-state index < -0.39 is 20.2 Å². The molecule has 3 rings (SSSR count). The highest BCUT2D eigenvalue weighted by Crippen LogP contribution is 2.16. The Kier molecular flexibility index (Phi) is 21.0. The van der Waals surface area contributed by atoms with Crippen molar-refractivity contribution in [3.8, 4) is 0 Å². The first-order valence-electron chi connectivity index (χ1n) is 19.2. The van der Waals surface area contributed by atoms with E-state index in [1.54, 1.807) is 9.80 Å². The van der Waals surface area contributed by atoms with Gasteiger partial charge in [0.25, 0.3) is 20.2 Å². The van der Waals surface area contributed by atoms with Crippen LogP contribution in [-0.4, -0.2) is 122 Å². The molecule has 12 N–H and O–H groups in total. The van der Waals surface area contributed by atoms with Crippen LogP contribution < -0.4 is 43.4 Å². The number of nitrogens with one attached hydrogen (secondary N) is 6. The third-order valence-electron chi connectivity index (χ3n) is 8.69. The molecule has 24 heteroatoms. The SMILES string of the molecule is NCCN(Cc1ccc(CN(CCN)C(=O)CCC(=O)NCCNC(=S)Nc2ccc(S(=O)(=O)O)cc2)cc1)C(=O)CCC(=O)NCCNC(=S)Nc1ccc(S(=O)(=O)O)cc1. The fourth-order valence-electron chi connectivity index (χ4n) is 5.55. The minimum Gasteiger partial charge on any atom is -0.361 e. The van der Waals surface area contributed by atoms with Gasteiger partial charge in [-0.1, -0.05) is 24.3 Å². The van der Waals surface area contributed by atoms with Gasteiger partial charge in [-0.3, -0.25) is 28.3 Å². The first-order valence-corrected chi connectivity index (χ1v) is 22.9. The standard InChI is InChI=1S/C38H52N10O10S4/c39-17-23-47(35(51)15-13-33(49)41-19-21-43-37(59)45-29-5-9-31(10-6-29)61(53,54)55)25-27-1-2-28(4-3-27)26-48(24-18-40)36(52)16-14-34(50)42-20-22-44-38(60)46-30-7-11-32(12-8-30)62(56,57)58/h1-12H,13-26,39-40H2,(H,41,49)(H,42,50)(H2,43,45,59)(H2,44,46,60)(H,53,54,55)(H,56,57,58). The third-order valence-corrected chi connectivity index (χ3v) is 10.9. The van der Waals surface area contributed by atoms with Gasteiger partial charge in [-0.15, -0.1) is 0 Å². The zero-order valence-corrected chi connectivity index (χ0v) is 36.9. The van der Waals surface area contributed by atoms with Gasteiger partial charge in [-0.05, 0) is 84.1 Å². The summed E-state index contributed by atoms with van der Waals surface area (Å²) < 4.78 is 62.9. The van der Waals surface area contributed by atoms with Crippen LogP contribution in [0.15, 0.2) is 82.6 Å². The van der Waals surface area contributed by atoms with E-state index in [0.29, 0.717) is 11.4 Å². The summed E-state index contributed by atoms with van der Waals surface area (Å²) in [6, 6.07) is 18.0. The minimum absolute atomic E-state index is 0.0331. The lowest BCUT2D eigenvalue weighted by Gasteiger charge is -2.24. The smallest absolute Gasteiger partial charge is 0.294 e. The molecule has 0 saturated heterocycles. The number of nitrogens with zero attached hydrogens (tertiary/aromatic N) is 2. The third kappa shape index (κ3) is 19.1. The quantitative estimate of drug-likeness (QED) is 0.0333. The summed E-state index contributed by atoms with van der Waals surface area (Å²) in [6.07, 6.45) is -0.147. The second-order valence-electron chi connectivity index (χ2n) is 13.5. The molecule has 0 aromatic heterocycles. The number of amides is 4. The molecule has 0 atom stereocenters. The molecule has 0 aliphatic carbocycles. The molecule has 0 heterocycles. The first kappa shape index (κ1) is 51.0. The Bertz CT molecular complexity index is 2060. The van der Waals surface area contributed by atoms with E-state index in [-0.39, 0.29) is 135 Å². The molecule has 4 amide bonds. The average molecular weight is 937 g/mol. The van der Waals surface area contributed by atoms with Crippen LogP contribution >= 0.6 is 24.4 Å². The van der Waals surface area contributed by atoms with Crippen LogP contribution in [0.5, 0.6) is 0 Å². The van der Waals surface area contributed by atoms with Crippen molar-refractivity contribution in [3.05, 3.63) is 83.9 Å². The van der Waals surface area contributed by atoms with Crippen LogP contribution in [0.4, 0.5) is 11.4 Å². The number of carbonyl (C=O) groups excluding carboxylic acids is 4. The van der Waals surface area contributed by atoms with E-state index in [1.165, 1.54) is 48.5 Å². The van der Waals surface area contributed by atoms with Gasteiger partial charge in [0.05, 0.1) is 9.79 Å². The maximum Gasteiger partial charge on any atom is 0.294 e. The Balaban J connectivity index is 1.35. The number of carbonyl (C=O) groups is 4. The lowest BCUT2D eigenvalue weighted by Crippen LogP contribution is -2.38. The summed E-state index contributed by atoms with van der Waals surface area (Å²) in [7, 11) is -8.62. The summed E-state index contributed by atoms with van der Waals surface area (Å²) in [5, 5.41) is 17.4. The Hall–Kier alpha value is -5.34. The van der Waals surface area contributed by atoms with Crippen molar-refractivity contribution >= 4 is 89.9 Å². The van der Waals surface area contributed by atoms with Crippen molar-refractivity contribution in [1.82, 2.24) is 31.1 Å². The summed E-state index contributed by atoms with van der Waals surface area (Å²) in [5.74, 6) is -1.15. The summed E-state index contributed by atoms with van der Waals surface area (Å²) in [4.78, 5) is 53.7. The van der Waals surface area contributed by atoms with Crippen molar-refractivity contribution in [3.63, 3.8) is 0 Å². The lowest BCUT2D eigenvalue weighted by molar-refractivity contribution is -0.134. The van der Waals surface area contributed by atoms with Crippen LogP contribution in [-0.2, 0) is 52.5 Å². The van der Waals surface area contributed by atoms with Crippen LogP contribution in [0, 0.1) is 0 Å². The Morgan fingerprint density at radius 3 is 1.15 bits per heavy atom. The maximum absolute atomic E-state index is 13.1.